The van der Waals surface area contributed by atoms with E-state index in [1.54, 1.807) is 25.6 Å². The number of aromatic amines is 2. The molecule has 0 saturated carbocycles. The van der Waals surface area contributed by atoms with Gasteiger partial charge in [0.2, 0.25) is 11.8 Å². The molecule has 2 amide bonds. The van der Waals surface area contributed by atoms with E-state index in [4.69, 9.17) is 19.4 Å². The van der Waals surface area contributed by atoms with E-state index in [9.17, 15) is 9.59 Å². The molecule has 0 unspecified atom stereocenters. The Hall–Kier alpha value is -5.04. The van der Waals surface area contributed by atoms with Gasteiger partial charge in [0, 0.05) is 18.0 Å². The molecule has 0 spiro atoms. The fraction of sp³-hybridized carbons (Fsp3) is 0.450. The molecule has 2 fully saturated rings. The molecular weight excluding hydrogens is 689 g/mol. The van der Waals surface area contributed by atoms with Crippen LogP contribution >= 0.6 is 11.3 Å². The van der Waals surface area contributed by atoms with Gasteiger partial charge in [-0.25, -0.2) is 9.97 Å². The van der Waals surface area contributed by atoms with E-state index in [-0.39, 0.29) is 35.7 Å². The molecule has 282 valence electrons. The zero-order chi connectivity index (χ0) is 37.8. The summed E-state index contributed by atoms with van der Waals surface area (Å²) < 4.78 is 10.4. The first-order valence-electron chi connectivity index (χ1n) is 18.4. The number of ether oxygens (including phenoxy) is 2. The van der Waals surface area contributed by atoms with Gasteiger partial charge in [-0.3, -0.25) is 9.59 Å². The number of aromatic nitrogens is 4. The van der Waals surface area contributed by atoms with E-state index in [1.165, 1.54) is 0 Å². The lowest BCUT2D eigenvalue weighted by molar-refractivity contribution is -0.136. The predicted molar refractivity (Wildman–Crippen MR) is 208 cm³/mol. The summed E-state index contributed by atoms with van der Waals surface area (Å²) >= 11 is 1.69. The van der Waals surface area contributed by atoms with Gasteiger partial charge in [0.1, 0.15) is 23.7 Å². The standard InChI is InChI=1S/C40H52N8O4S/c1-23(2)35(43-25(5)51-7)39(49)47-19-9-11-31(47)37-41-21-29(45-37)27-13-15-28(16-14-27)33-17-18-34(53-33)30-22-42-38(46-30)32-12-10-20-48(32)40(50)36(24(3)4)44-26(6)52-8/h13-18,21-24,31-32,35-36,43-44H,5-6,9-12,19-20H2,1-4,7-8H3,(H,41,45)(H,42,46)/t31-,32-,35-,36-/m0/s1. The third-order valence-corrected chi connectivity index (χ3v) is 11.4. The highest BCUT2D eigenvalue weighted by atomic mass is 32.1. The first-order valence-corrected chi connectivity index (χ1v) is 19.2. The van der Waals surface area contributed by atoms with Gasteiger partial charge in [-0.1, -0.05) is 52.0 Å². The number of likely N-dealkylation sites (tertiary alicyclic amines) is 2. The van der Waals surface area contributed by atoms with Crippen LogP contribution in [0.5, 0.6) is 0 Å². The van der Waals surface area contributed by atoms with Crippen LogP contribution in [0.4, 0.5) is 0 Å². The van der Waals surface area contributed by atoms with Crippen LogP contribution in [0.25, 0.3) is 32.3 Å². The first-order chi connectivity index (χ1) is 25.5. The van der Waals surface area contributed by atoms with Crippen molar-refractivity contribution in [1.82, 2.24) is 40.4 Å². The minimum Gasteiger partial charge on any atom is -0.483 e. The lowest BCUT2D eigenvalue weighted by Crippen LogP contribution is -2.48. The molecule has 2 saturated heterocycles. The molecule has 0 aliphatic carbocycles. The van der Waals surface area contributed by atoms with Crippen LogP contribution in [0.15, 0.2) is 73.7 Å². The number of hydrogen-bond acceptors (Lipinski definition) is 9. The van der Waals surface area contributed by atoms with Crippen molar-refractivity contribution in [2.75, 3.05) is 27.3 Å². The monoisotopic (exact) mass is 740 g/mol. The molecule has 13 heteroatoms. The Kier molecular flexibility index (Phi) is 11.6. The number of imidazole rings is 2. The summed E-state index contributed by atoms with van der Waals surface area (Å²) in [6.45, 7) is 17.1. The van der Waals surface area contributed by atoms with Gasteiger partial charge < -0.3 is 39.9 Å². The molecule has 12 nitrogen and oxygen atoms in total. The molecule has 2 aliphatic rings. The minimum atomic E-state index is -0.431. The number of carbonyl (C=O) groups is 2. The molecule has 1 aromatic carbocycles. The second kappa shape index (κ2) is 16.3. The van der Waals surface area contributed by atoms with Crippen LogP contribution in [0.3, 0.4) is 0 Å². The Morgan fingerprint density at radius 3 is 1.68 bits per heavy atom. The summed E-state index contributed by atoms with van der Waals surface area (Å²) in [6, 6.07) is 11.6. The lowest BCUT2D eigenvalue weighted by Gasteiger charge is -2.31. The van der Waals surface area contributed by atoms with Crippen molar-refractivity contribution < 1.29 is 19.1 Å². The average Bonchev–Trinajstić information content (AvgIpc) is 4.00. The summed E-state index contributed by atoms with van der Waals surface area (Å²) in [4.78, 5) is 49.9. The topological polar surface area (TPSA) is 140 Å². The van der Waals surface area contributed by atoms with E-state index < -0.39 is 12.1 Å². The quantitative estimate of drug-likeness (QED) is 0.0958. The van der Waals surface area contributed by atoms with Crippen LogP contribution in [0.2, 0.25) is 0 Å². The first kappa shape index (κ1) is 37.7. The maximum Gasteiger partial charge on any atom is 0.246 e. The van der Waals surface area contributed by atoms with Gasteiger partial charge in [-0.15, -0.1) is 11.3 Å². The molecule has 5 heterocycles. The van der Waals surface area contributed by atoms with Gasteiger partial charge in [0.15, 0.2) is 11.8 Å². The molecule has 4 N–H and O–H groups in total. The van der Waals surface area contributed by atoms with Crippen LogP contribution in [-0.2, 0) is 19.1 Å². The van der Waals surface area contributed by atoms with E-state index >= 15 is 0 Å². The summed E-state index contributed by atoms with van der Waals surface area (Å²) in [5.74, 6) is 2.54. The number of amides is 2. The van der Waals surface area contributed by atoms with Crippen molar-refractivity contribution in [3.05, 3.63) is 85.4 Å². The maximum atomic E-state index is 13.7. The normalized spacial score (nSPS) is 18.3. The number of nitrogens with zero attached hydrogens (tertiary/aromatic N) is 4. The fourth-order valence-corrected chi connectivity index (χ4v) is 8.19. The fourth-order valence-electron chi connectivity index (χ4n) is 7.21. The maximum absolute atomic E-state index is 13.7. The second-order valence-corrected chi connectivity index (χ2v) is 15.6. The number of nitrogens with one attached hydrogen (secondary N) is 4. The zero-order valence-corrected chi connectivity index (χ0v) is 32.4. The summed E-state index contributed by atoms with van der Waals surface area (Å²) in [6.07, 6.45) is 7.26. The predicted octanol–water partition coefficient (Wildman–Crippen LogP) is 6.99. The number of rotatable bonds is 15. The summed E-state index contributed by atoms with van der Waals surface area (Å²) in [5.41, 5.74) is 3.97. The molecule has 4 atom stereocenters. The van der Waals surface area contributed by atoms with Crippen LogP contribution in [0, 0.1) is 11.8 Å². The van der Waals surface area contributed by atoms with Gasteiger partial charge in [0.05, 0.1) is 55.0 Å². The third-order valence-electron chi connectivity index (χ3n) is 10.2. The molecule has 2 aliphatic heterocycles. The Bertz CT molecular complexity index is 1910. The molecule has 3 aromatic heterocycles. The van der Waals surface area contributed by atoms with Crippen molar-refractivity contribution >= 4 is 23.2 Å². The van der Waals surface area contributed by atoms with Gasteiger partial charge >= 0.3 is 0 Å². The number of methoxy groups -OCH3 is 2. The van der Waals surface area contributed by atoms with Crippen molar-refractivity contribution in [3.8, 4) is 32.3 Å². The highest BCUT2D eigenvalue weighted by Gasteiger charge is 2.38. The van der Waals surface area contributed by atoms with E-state index in [0.717, 1.165) is 69.6 Å². The largest absolute Gasteiger partial charge is 0.483 e. The van der Waals surface area contributed by atoms with E-state index in [2.05, 4.69) is 70.2 Å². The molecule has 53 heavy (non-hydrogen) atoms. The molecule has 0 radical (unpaired) electrons. The SMILES string of the molecule is C=C(N[C@H](C(=O)N1CCC[C@H]1c1ncc(-c2ccc(-c3ccc(-c4cnc([C@@H]5CCCN5C(=O)[C@@H](NC(=C)OC)C(C)C)[nH]4)s3)cc2)[nH]1)C(C)C)OC. The van der Waals surface area contributed by atoms with E-state index in [0.29, 0.717) is 24.9 Å². The Labute approximate surface area is 316 Å². The molecule has 6 rings (SSSR count). The van der Waals surface area contributed by atoms with Gasteiger partial charge in [-0.05, 0) is 73.9 Å². The van der Waals surface area contributed by atoms with Crippen LogP contribution in [0.1, 0.15) is 77.1 Å². The lowest BCUT2D eigenvalue weighted by atomic mass is 10.0. The van der Waals surface area contributed by atoms with Gasteiger partial charge in [-0.2, -0.15) is 0 Å². The summed E-state index contributed by atoms with van der Waals surface area (Å²) in [7, 11) is 3.09. The van der Waals surface area contributed by atoms with Crippen LogP contribution < -0.4 is 10.6 Å². The number of carbonyl (C=O) groups excluding carboxylic acids is 2. The number of thiophene rings is 1. The smallest absolute Gasteiger partial charge is 0.246 e. The number of H-pyrrole nitrogens is 2. The highest BCUT2D eigenvalue weighted by Crippen LogP contribution is 2.38. The van der Waals surface area contributed by atoms with Gasteiger partial charge in [0.25, 0.3) is 0 Å². The molecule has 4 aromatic rings. The summed E-state index contributed by atoms with van der Waals surface area (Å²) in [5, 5.41) is 6.29. The van der Waals surface area contributed by atoms with Crippen molar-refractivity contribution in [2.24, 2.45) is 11.8 Å². The Morgan fingerprint density at radius 2 is 1.19 bits per heavy atom. The van der Waals surface area contributed by atoms with Crippen molar-refractivity contribution in [3.63, 3.8) is 0 Å². The molecular formula is C40H52N8O4S. The minimum absolute atomic E-state index is 0.0261. The van der Waals surface area contributed by atoms with Crippen LogP contribution in [-0.4, -0.2) is 80.9 Å². The van der Waals surface area contributed by atoms with E-state index in [1.807, 2.05) is 49.9 Å². The van der Waals surface area contributed by atoms with Crippen molar-refractivity contribution in [2.45, 2.75) is 77.5 Å². The van der Waals surface area contributed by atoms with Crippen molar-refractivity contribution in [1.29, 1.82) is 0 Å². The molecule has 0 bridgehead atoms. The zero-order valence-electron chi connectivity index (χ0n) is 31.6. The second-order valence-electron chi connectivity index (χ2n) is 14.5. The average molecular weight is 741 g/mol. The number of benzene rings is 1. The Morgan fingerprint density at radius 1 is 0.736 bits per heavy atom. The third kappa shape index (κ3) is 8.14. The highest BCUT2D eigenvalue weighted by molar-refractivity contribution is 7.18. The Balaban J connectivity index is 1.12. The number of hydrogen-bond donors (Lipinski definition) is 4.